The molecule has 128 valence electrons. The van der Waals surface area contributed by atoms with E-state index in [1.807, 2.05) is 12.1 Å². The Bertz CT molecular complexity index is 699. The highest BCUT2D eigenvalue weighted by molar-refractivity contribution is 8.00. The van der Waals surface area contributed by atoms with Gasteiger partial charge in [0.15, 0.2) is 0 Å². The summed E-state index contributed by atoms with van der Waals surface area (Å²) in [6.45, 7) is 10.8. The largest absolute Gasteiger partial charge is 0.325 e. The number of carbonyl (C=O) groups excluding carboxylic acids is 1. The Morgan fingerprint density at radius 1 is 1.08 bits per heavy atom. The van der Waals surface area contributed by atoms with Crippen molar-refractivity contribution in [2.45, 2.75) is 51.3 Å². The molecule has 0 aliphatic heterocycles. The molecule has 2 aromatic rings. The zero-order valence-corrected chi connectivity index (χ0v) is 16.1. The van der Waals surface area contributed by atoms with Crippen molar-refractivity contribution in [3.63, 3.8) is 0 Å². The molecule has 0 aliphatic rings. The predicted molar refractivity (Wildman–Crippen MR) is 105 cm³/mol. The van der Waals surface area contributed by atoms with Crippen molar-refractivity contribution in [3.8, 4) is 0 Å². The summed E-state index contributed by atoms with van der Waals surface area (Å²) in [7, 11) is 0. The molecule has 0 radical (unpaired) electrons. The monoisotopic (exact) mass is 341 g/mol. The van der Waals surface area contributed by atoms with Crippen LogP contribution in [0.2, 0.25) is 0 Å². The Kier molecular flexibility index (Phi) is 6.11. The third-order valence-corrected chi connectivity index (χ3v) is 5.22. The first-order valence-electron chi connectivity index (χ1n) is 8.42. The first-order valence-corrected chi connectivity index (χ1v) is 9.41. The maximum absolute atomic E-state index is 12.2. The maximum atomic E-state index is 12.2. The molecule has 24 heavy (non-hydrogen) atoms. The van der Waals surface area contributed by atoms with E-state index in [4.69, 9.17) is 0 Å². The van der Waals surface area contributed by atoms with Crippen LogP contribution in [-0.4, -0.2) is 11.7 Å². The van der Waals surface area contributed by atoms with Crippen LogP contribution in [0, 0.1) is 6.92 Å². The second-order valence-corrected chi connectivity index (χ2v) is 8.13. The van der Waals surface area contributed by atoms with E-state index in [-0.39, 0.29) is 11.3 Å². The van der Waals surface area contributed by atoms with Crippen molar-refractivity contribution in [2.75, 3.05) is 11.1 Å². The fourth-order valence-corrected chi connectivity index (χ4v) is 3.25. The number of hydrogen-bond donors (Lipinski definition) is 1. The highest BCUT2D eigenvalue weighted by Gasteiger charge is 2.15. The number of anilines is 1. The number of thioether (sulfide) groups is 1. The van der Waals surface area contributed by atoms with Crippen LogP contribution in [0.5, 0.6) is 0 Å². The average molecular weight is 342 g/mol. The number of benzene rings is 2. The summed E-state index contributed by atoms with van der Waals surface area (Å²) in [5.41, 5.74) is 4.76. The van der Waals surface area contributed by atoms with Crippen molar-refractivity contribution >= 4 is 23.4 Å². The van der Waals surface area contributed by atoms with E-state index in [0.717, 1.165) is 12.1 Å². The van der Waals surface area contributed by atoms with E-state index >= 15 is 0 Å². The molecule has 1 N–H and O–H groups in total. The van der Waals surface area contributed by atoms with Gasteiger partial charge in [-0.1, -0.05) is 52.0 Å². The molecule has 0 fully saturated rings. The first kappa shape index (κ1) is 18.6. The van der Waals surface area contributed by atoms with Gasteiger partial charge in [0.25, 0.3) is 0 Å². The molecule has 0 aliphatic carbocycles. The van der Waals surface area contributed by atoms with Crippen LogP contribution >= 0.6 is 11.8 Å². The Balaban J connectivity index is 1.98. The number of aryl methyl sites for hydroxylation is 2. The van der Waals surface area contributed by atoms with E-state index in [9.17, 15) is 4.79 Å². The molecule has 2 rings (SSSR count). The lowest BCUT2D eigenvalue weighted by atomic mass is 9.87. The van der Waals surface area contributed by atoms with Crippen LogP contribution in [-0.2, 0) is 16.6 Å². The van der Waals surface area contributed by atoms with Crippen LogP contribution < -0.4 is 5.32 Å². The van der Waals surface area contributed by atoms with Crippen LogP contribution in [0.3, 0.4) is 0 Å². The van der Waals surface area contributed by atoms with Crippen molar-refractivity contribution in [1.82, 2.24) is 0 Å². The summed E-state index contributed by atoms with van der Waals surface area (Å²) in [5.74, 6) is 0.453. The van der Waals surface area contributed by atoms with Crippen molar-refractivity contribution in [1.29, 1.82) is 0 Å². The van der Waals surface area contributed by atoms with Crippen molar-refractivity contribution in [2.24, 2.45) is 0 Å². The molecule has 0 atom stereocenters. The van der Waals surface area contributed by atoms with Gasteiger partial charge in [-0.15, -0.1) is 11.8 Å². The second kappa shape index (κ2) is 7.89. The molecular formula is C21H27NOS. The lowest BCUT2D eigenvalue weighted by Gasteiger charge is -2.20. The van der Waals surface area contributed by atoms with Crippen molar-refractivity contribution in [3.05, 3.63) is 59.2 Å². The molecule has 0 bridgehead atoms. The molecule has 3 heteroatoms. The summed E-state index contributed by atoms with van der Waals surface area (Å²) in [6.07, 6.45) is 1.01. The molecule has 2 aromatic carbocycles. The zero-order chi connectivity index (χ0) is 17.7. The third-order valence-electron chi connectivity index (χ3n) is 4.06. The van der Waals surface area contributed by atoms with Gasteiger partial charge in [-0.25, -0.2) is 0 Å². The third kappa shape index (κ3) is 5.13. The first-order chi connectivity index (χ1) is 11.3. The van der Waals surface area contributed by atoms with Gasteiger partial charge >= 0.3 is 0 Å². The van der Waals surface area contributed by atoms with Crippen molar-refractivity contribution < 1.29 is 4.79 Å². The fraction of sp³-hybridized carbons (Fsp3) is 0.381. The number of nitrogens with one attached hydrogen (secondary N) is 1. The quantitative estimate of drug-likeness (QED) is 0.719. The summed E-state index contributed by atoms with van der Waals surface area (Å²) in [6, 6.07) is 14.6. The standard InChI is InChI=1S/C21H27NOS/c1-6-16-8-11-18(12-9-16)22-20(23)14-24-19-13-17(21(3,4)5)10-7-15(19)2/h7-13H,6,14H2,1-5H3,(H,22,23). The van der Waals surface area contributed by atoms with Gasteiger partial charge in [0.2, 0.25) is 5.91 Å². The molecule has 1 amide bonds. The number of rotatable bonds is 5. The summed E-state index contributed by atoms with van der Waals surface area (Å²) in [5, 5.41) is 2.97. The van der Waals surface area contributed by atoms with E-state index in [1.54, 1.807) is 11.8 Å². The van der Waals surface area contributed by atoms with Crippen LogP contribution in [0.15, 0.2) is 47.4 Å². The minimum absolute atomic E-state index is 0.0322. The highest BCUT2D eigenvalue weighted by atomic mass is 32.2. The summed E-state index contributed by atoms with van der Waals surface area (Å²) < 4.78 is 0. The zero-order valence-electron chi connectivity index (χ0n) is 15.3. The molecule has 0 aromatic heterocycles. The molecule has 0 unspecified atom stereocenters. The molecule has 2 nitrogen and oxygen atoms in total. The molecule has 0 spiro atoms. The second-order valence-electron chi connectivity index (χ2n) is 7.12. The van der Waals surface area contributed by atoms with Gasteiger partial charge in [-0.3, -0.25) is 4.79 Å². The van der Waals surface area contributed by atoms with E-state index < -0.39 is 0 Å². The number of amides is 1. The van der Waals surface area contributed by atoms with E-state index in [2.05, 4.69) is 70.3 Å². The Morgan fingerprint density at radius 3 is 2.33 bits per heavy atom. The number of hydrogen-bond acceptors (Lipinski definition) is 2. The normalized spacial score (nSPS) is 11.4. The Labute approximate surface area is 150 Å². The summed E-state index contributed by atoms with van der Waals surface area (Å²) in [4.78, 5) is 13.4. The average Bonchev–Trinajstić information content (AvgIpc) is 2.53. The minimum atomic E-state index is 0.0322. The van der Waals surface area contributed by atoms with Gasteiger partial charge in [-0.05, 0) is 53.6 Å². The molecule has 0 saturated heterocycles. The van der Waals surface area contributed by atoms with Gasteiger partial charge in [-0.2, -0.15) is 0 Å². The maximum Gasteiger partial charge on any atom is 0.234 e. The lowest BCUT2D eigenvalue weighted by molar-refractivity contribution is -0.113. The predicted octanol–water partition coefficient (Wildman–Crippen LogP) is 5.59. The van der Waals surface area contributed by atoms with E-state index in [1.165, 1.54) is 21.6 Å². The molecular weight excluding hydrogens is 314 g/mol. The smallest absolute Gasteiger partial charge is 0.234 e. The van der Waals surface area contributed by atoms with Gasteiger partial charge in [0.1, 0.15) is 0 Å². The molecule has 0 saturated carbocycles. The van der Waals surface area contributed by atoms with Crippen LogP contribution in [0.1, 0.15) is 44.4 Å². The van der Waals surface area contributed by atoms with Gasteiger partial charge < -0.3 is 5.32 Å². The lowest BCUT2D eigenvalue weighted by Crippen LogP contribution is -2.14. The minimum Gasteiger partial charge on any atom is -0.325 e. The number of carbonyl (C=O) groups is 1. The van der Waals surface area contributed by atoms with Gasteiger partial charge in [0.05, 0.1) is 5.75 Å². The van der Waals surface area contributed by atoms with Gasteiger partial charge in [0, 0.05) is 10.6 Å². The Morgan fingerprint density at radius 2 is 1.75 bits per heavy atom. The van der Waals surface area contributed by atoms with Crippen LogP contribution in [0.25, 0.3) is 0 Å². The SMILES string of the molecule is CCc1ccc(NC(=O)CSc2cc(C(C)(C)C)ccc2C)cc1. The topological polar surface area (TPSA) is 29.1 Å². The van der Waals surface area contributed by atoms with Crippen LogP contribution in [0.4, 0.5) is 5.69 Å². The Hall–Kier alpha value is -1.74. The molecule has 0 heterocycles. The fourth-order valence-electron chi connectivity index (χ4n) is 2.39. The van der Waals surface area contributed by atoms with E-state index in [0.29, 0.717) is 5.75 Å². The summed E-state index contributed by atoms with van der Waals surface area (Å²) >= 11 is 1.60. The highest BCUT2D eigenvalue weighted by Crippen LogP contribution is 2.29.